The van der Waals surface area contributed by atoms with E-state index in [1.54, 1.807) is 0 Å². The van der Waals surface area contributed by atoms with Crippen molar-refractivity contribution >= 4 is 0 Å². The molecule has 1 aromatic heterocycles. The zero-order valence-corrected chi connectivity index (χ0v) is 15.0. The Morgan fingerprint density at radius 2 is 1.73 bits per heavy atom. The van der Waals surface area contributed by atoms with Crippen LogP contribution in [-0.4, -0.2) is 9.97 Å². The first-order valence-electron chi connectivity index (χ1n) is 8.45. The van der Waals surface area contributed by atoms with Crippen molar-refractivity contribution in [1.82, 2.24) is 9.97 Å². The van der Waals surface area contributed by atoms with Gasteiger partial charge >= 0.3 is 0 Å². The van der Waals surface area contributed by atoms with Gasteiger partial charge in [0.05, 0.1) is 5.69 Å². The maximum absolute atomic E-state index is 4.94. The maximum atomic E-state index is 4.94. The van der Waals surface area contributed by atoms with E-state index in [1.807, 2.05) is 13.8 Å². The molecule has 0 aliphatic heterocycles. The zero-order chi connectivity index (χ0) is 16.5. The van der Waals surface area contributed by atoms with Gasteiger partial charge in [-0.25, -0.2) is 9.97 Å². The Balaban J connectivity index is 0.000000847. The summed E-state index contributed by atoms with van der Waals surface area (Å²) in [6.07, 6.45) is 1.08. The molecular weight excluding hydrogens is 268 g/mol. The third-order valence-electron chi connectivity index (χ3n) is 4.62. The lowest BCUT2D eigenvalue weighted by Crippen LogP contribution is -2.18. The standard InChI is InChI=1S/C18H22N2.C2H6/c1-6-11(2)17-19-12(3)15-13-9-7-8-10-14(13)18(4,5)16(15)20-17;1-2/h7-11H,6H2,1-5H3;1-2H3. The number of benzene rings is 1. The minimum atomic E-state index is -0.0260. The molecule has 0 fully saturated rings. The van der Waals surface area contributed by atoms with E-state index in [1.165, 1.54) is 22.4 Å². The van der Waals surface area contributed by atoms with E-state index in [0.717, 1.165) is 17.9 Å². The molecule has 1 unspecified atom stereocenters. The lowest BCUT2D eigenvalue weighted by molar-refractivity contribution is 0.606. The summed E-state index contributed by atoms with van der Waals surface area (Å²) >= 11 is 0. The van der Waals surface area contributed by atoms with Crippen LogP contribution in [0.3, 0.4) is 0 Å². The van der Waals surface area contributed by atoms with Crippen LogP contribution >= 0.6 is 0 Å². The molecule has 0 N–H and O–H groups in total. The Morgan fingerprint density at radius 1 is 1.09 bits per heavy atom. The molecule has 1 aliphatic rings. The van der Waals surface area contributed by atoms with Gasteiger partial charge in [0.2, 0.25) is 0 Å². The summed E-state index contributed by atoms with van der Waals surface area (Å²) in [5.74, 6) is 1.41. The third kappa shape index (κ3) is 2.45. The molecule has 1 heterocycles. The van der Waals surface area contributed by atoms with Gasteiger partial charge in [0.25, 0.3) is 0 Å². The van der Waals surface area contributed by atoms with Crippen molar-refractivity contribution in [3.05, 3.63) is 47.0 Å². The molecular formula is C20H28N2. The molecule has 2 nitrogen and oxygen atoms in total. The van der Waals surface area contributed by atoms with Crippen LogP contribution in [0, 0.1) is 6.92 Å². The minimum absolute atomic E-state index is 0.0260. The minimum Gasteiger partial charge on any atom is -0.237 e. The van der Waals surface area contributed by atoms with Gasteiger partial charge in [0, 0.05) is 22.6 Å². The summed E-state index contributed by atoms with van der Waals surface area (Å²) < 4.78 is 0. The van der Waals surface area contributed by atoms with Crippen LogP contribution in [0.4, 0.5) is 0 Å². The van der Waals surface area contributed by atoms with Gasteiger partial charge in [-0.3, -0.25) is 0 Å². The SMILES string of the molecule is CC.CCC(C)c1nc(C)c2c(n1)C(C)(C)c1ccccc1-2. The van der Waals surface area contributed by atoms with Crippen molar-refractivity contribution in [3.63, 3.8) is 0 Å². The molecule has 0 saturated carbocycles. The topological polar surface area (TPSA) is 25.8 Å². The number of nitrogens with zero attached hydrogens (tertiary/aromatic N) is 2. The number of hydrogen-bond donors (Lipinski definition) is 0. The Bertz CT molecular complexity index is 671. The van der Waals surface area contributed by atoms with Gasteiger partial charge in [-0.2, -0.15) is 0 Å². The highest BCUT2D eigenvalue weighted by Crippen LogP contribution is 2.48. The Labute approximate surface area is 135 Å². The van der Waals surface area contributed by atoms with Crippen LogP contribution < -0.4 is 0 Å². The first kappa shape index (κ1) is 16.7. The summed E-state index contributed by atoms with van der Waals surface area (Å²) in [5.41, 5.74) is 6.21. The molecule has 1 atom stereocenters. The van der Waals surface area contributed by atoms with E-state index in [-0.39, 0.29) is 5.41 Å². The van der Waals surface area contributed by atoms with Gasteiger partial charge in [-0.15, -0.1) is 0 Å². The summed E-state index contributed by atoms with van der Waals surface area (Å²) in [6, 6.07) is 8.64. The fourth-order valence-electron chi connectivity index (χ4n) is 3.15. The molecule has 118 valence electrons. The van der Waals surface area contributed by atoms with Gasteiger partial charge in [-0.1, -0.05) is 65.8 Å². The van der Waals surface area contributed by atoms with Gasteiger partial charge in [0.1, 0.15) is 5.82 Å². The quantitative estimate of drug-likeness (QED) is 0.717. The van der Waals surface area contributed by atoms with Crippen molar-refractivity contribution in [2.45, 2.75) is 66.2 Å². The van der Waals surface area contributed by atoms with Gasteiger partial charge in [-0.05, 0) is 24.5 Å². The van der Waals surface area contributed by atoms with E-state index < -0.39 is 0 Å². The predicted octanol–water partition coefficient (Wildman–Crippen LogP) is 5.63. The molecule has 2 aromatic rings. The number of fused-ring (bicyclic) bond motifs is 3. The van der Waals surface area contributed by atoms with Crippen LogP contribution in [0.1, 0.15) is 76.7 Å². The molecule has 22 heavy (non-hydrogen) atoms. The van der Waals surface area contributed by atoms with E-state index in [4.69, 9.17) is 9.97 Å². The number of hydrogen-bond acceptors (Lipinski definition) is 2. The Morgan fingerprint density at radius 3 is 2.36 bits per heavy atom. The lowest BCUT2D eigenvalue weighted by atomic mass is 9.85. The molecule has 0 saturated heterocycles. The first-order valence-corrected chi connectivity index (χ1v) is 8.45. The zero-order valence-electron chi connectivity index (χ0n) is 15.0. The maximum Gasteiger partial charge on any atom is 0.131 e. The molecule has 0 radical (unpaired) electrons. The lowest BCUT2D eigenvalue weighted by Gasteiger charge is -2.21. The van der Waals surface area contributed by atoms with Crippen molar-refractivity contribution < 1.29 is 0 Å². The molecule has 2 heteroatoms. The first-order chi connectivity index (χ1) is 10.5. The average Bonchev–Trinajstić information content (AvgIpc) is 2.77. The van der Waals surface area contributed by atoms with Crippen LogP contribution in [0.5, 0.6) is 0 Å². The molecule has 1 aromatic carbocycles. The summed E-state index contributed by atoms with van der Waals surface area (Å²) in [6.45, 7) is 15.0. The van der Waals surface area contributed by atoms with Crippen molar-refractivity contribution in [1.29, 1.82) is 0 Å². The fourth-order valence-corrected chi connectivity index (χ4v) is 3.15. The van der Waals surface area contributed by atoms with Crippen molar-refractivity contribution in [2.24, 2.45) is 0 Å². The van der Waals surface area contributed by atoms with Crippen molar-refractivity contribution in [3.8, 4) is 11.1 Å². The smallest absolute Gasteiger partial charge is 0.131 e. The Hall–Kier alpha value is -1.70. The summed E-state index contributed by atoms with van der Waals surface area (Å²) in [4.78, 5) is 9.71. The second-order valence-corrected chi connectivity index (χ2v) is 6.37. The van der Waals surface area contributed by atoms with Crippen LogP contribution in [-0.2, 0) is 5.41 Å². The largest absolute Gasteiger partial charge is 0.237 e. The van der Waals surface area contributed by atoms with E-state index >= 15 is 0 Å². The van der Waals surface area contributed by atoms with Gasteiger partial charge < -0.3 is 0 Å². The highest BCUT2D eigenvalue weighted by atomic mass is 14.9. The summed E-state index contributed by atoms with van der Waals surface area (Å²) in [5, 5.41) is 0. The fraction of sp³-hybridized carbons (Fsp3) is 0.500. The number of aryl methyl sites for hydroxylation is 1. The monoisotopic (exact) mass is 296 g/mol. The number of aromatic nitrogens is 2. The van der Waals surface area contributed by atoms with Crippen LogP contribution in [0.25, 0.3) is 11.1 Å². The molecule has 1 aliphatic carbocycles. The van der Waals surface area contributed by atoms with Gasteiger partial charge in [0.15, 0.2) is 0 Å². The average molecular weight is 296 g/mol. The third-order valence-corrected chi connectivity index (χ3v) is 4.62. The summed E-state index contributed by atoms with van der Waals surface area (Å²) in [7, 11) is 0. The molecule has 0 amide bonds. The van der Waals surface area contributed by atoms with E-state index in [9.17, 15) is 0 Å². The van der Waals surface area contributed by atoms with Crippen molar-refractivity contribution in [2.75, 3.05) is 0 Å². The molecule has 0 bridgehead atoms. The second kappa shape index (κ2) is 6.20. The normalized spacial score (nSPS) is 15.4. The Kier molecular flexibility index (Phi) is 4.69. The van der Waals surface area contributed by atoms with Crippen LogP contribution in [0.15, 0.2) is 24.3 Å². The van der Waals surface area contributed by atoms with E-state index in [2.05, 4.69) is 58.9 Å². The highest BCUT2D eigenvalue weighted by molar-refractivity contribution is 5.80. The molecule has 0 spiro atoms. The predicted molar refractivity (Wildman–Crippen MR) is 94.4 cm³/mol. The van der Waals surface area contributed by atoms with Crippen LogP contribution in [0.2, 0.25) is 0 Å². The second-order valence-electron chi connectivity index (χ2n) is 6.37. The number of rotatable bonds is 2. The molecule has 3 rings (SSSR count). The highest BCUT2D eigenvalue weighted by Gasteiger charge is 2.38. The van der Waals surface area contributed by atoms with E-state index in [0.29, 0.717) is 5.92 Å².